The van der Waals surface area contributed by atoms with E-state index in [-0.39, 0.29) is 25.5 Å². The van der Waals surface area contributed by atoms with E-state index >= 15 is 0 Å². The van der Waals surface area contributed by atoms with E-state index in [1.165, 1.54) is 0 Å². The van der Waals surface area contributed by atoms with Gasteiger partial charge in [0.2, 0.25) is 5.91 Å². The second-order valence-electron chi connectivity index (χ2n) is 5.23. The van der Waals surface area contributed by atoms with Crippen molar-refractivity contribution in [2.24, 2.45) is 0 Å². The van der Waals surface area contributed by atoms with Gasteiger partial charge in [-0.25, -0.2) is 4.79 Å². The van der Waals surface area contributed by atoms with Crippen molar-refractivity contribution >= 4 is 17.6 Å². The van der Waals surface area contributed by atoms with Crippen LogP contribution in [-0.2, 0) is 9.53 Å². The molecule has 2 aromatic carbocycles. The lowest BCUT2D eigenvalue weighted by atomic mass is 10.1. The number of nitrogens with one attached hydrogen (secondary N) is 1. The number of hydrogen-bond donors (Lipinski definition) is 1. The summed E-state index contributed by atoms with van der Waals surface area (Å²) in [5.74, 6) is 0.0542. The summed E-state index contributed by atoms with van der Waals surface area (Å²) in [7, 11) is 0. The fraction of sp³-hybridized carbons (Fsp3) is 0.263. The molecule has 0 saturated carbocycles. The van der Waals surface area contributed by atoms with Crippen molar-refractivity contribution < 1.29 is 19.1 Å². The molecule has 0 fully saturated rings. The van der Waals surface area contributed by atoms with E-state index in [0.29, 0.717) is 11.3 Å². The van der Waals surface area contributed by atoms with Crippen molar-refractivity contribution in [3.05, 3.63) is 59.7 Å². The zero-order valence-electron chi connectivity index (χ0n) is 13.9. The van der Waals surface area contributed by atoms with Crippen molar-refractivity contribution in [1.29, 1.82) is 0 Å². The van der Waals surface area contributed by atoms with Gasteiger partial charge < -0.3 is 14.8 Å². The summed E-state index contributed by atoms with van der Waals surface area (Å²) in [5.41, 5.74) is 1.88. The Morgan fingerprint density at radius 2 is 1.88 bits per heavy atom. The molecular weight excluding hydrogens is 306 g/mol. The molecule has 0 heterocycles. The number of rotatable bonds is 7. The molecule has 1 amide bonds. The molecule has 5 nitrogen and oxygen atoms in total. The average Bonchev–Trinajstić information content (AvgIpc) is 2.55. The average molecular weight is 327 g/mol. The van der Waals surface area contributed by atoms with Crippen LogP contribution in [0.4, 0.5) is 5.69 Å². The minimum Gasteiger partial charge on any atom is -0.493 e. The number of hydrogen-bond acceptors (Lipinski definition) is 4. The molecule has 1 N–H and O–H groups in total. The Bertz CT molecular complexity index is 712. The first-order chi connectivity index (χ1) is 11.6. The molecule has 126 valence electrons. The second-order valence-corrected chi connectivity index (χ2v) is 5.23. The van der Waals surface area contributed by atoms with Crippen LogP contribution in [0.25, 0.3) is 0 Å². The number of amides is 1. The van der Waals surface area contributed by atoms with Crippen LogP contribution in [-0.4, -0.2) is 25.1 Å². The molecule has 0 spiro atoms. The molecule has 0 aliphatic rings. The highest BCUT2D eigenvalue weighted by Gasteiger charge is 2.13. The number of anilines is 1. The van der Waals surface area contributed by atoms with Crippen molar-refractivity contribution in [2.45, 2.75) is 20.3 Å². The lowest BCUT2D eigenvalue weighted by Crippen LogP contribution is -2.18. The third-order valence-electron chi connectivity index (χ3n) is 3.28. The highest BCUT2D eigenvalue weighted by atomic mass is 16.5. The summed E-state index contributed by atoms with van der Waals surface area (Å²) < 4.78 is 10.5. The lowest BCUT2D eigenvalue weighted by Gasteiger charge is -2.11. The van der Waals surface area contributed by atoms with Crippen molar-refractivity contribution in [3.63, 3.8) is 0 Å². The second kappa shape index (κ2) is 8.72. The fourth-order valence-electron chi connectivity index (χ4n) is 2.16. The molecule has 2 rings (SSSR count). The van der Waals surface area contributed by atoms with Gasteiger partial charge in [0.05, 0.1) is 30.9 Å². The molecule has 5 heteroatoms. The largest absolute Gasteiger partial charge is 0.493 e. The van der Waals surface area contributed by atoms with Gasteiger partial charge in [-0.2, -0.15) is 0 Å². The highest BCUT2D eigenvalue weighted by Crippen LogP contribution is 2.17. The van der Waals surface area contributed by atoms with Gasteiger partial charge in [0.1, 0.15) is 5.75 Å². The van der Waals surface area contributed by atoms with E-state index in [9.17, 15) is 9.59 Å². The monoisotopic (exact) mass is 327 g/mol. The van der Waals surface area contributed by atoms with Crippen molar-refractivity contribution in [2.75, 3.05) is 18.5 Å². The van der Waals surface area contributed by atoms with E-state index in [1.54, 1.807) is 31.2 Å². The van der Waals surface area contributed by atoms with E-state index in [0.717, 1.165) is 11.3 Å². The molecule has 2 aromatic rings. The Balaban J connectivity index is 1.89. The number of esters is 1. The van der Waals surface area contributed by atoms with Crippen LogP contribution < -0.4 is 10.1 Å². The van der Waals surface area contributed by atoms with Gasteiger partial charge in [0.15, 0.2) is 0 Å². The van der Waals surface area contributed by atoms with Gasteiger partial charge in [-0.3, -0.25) is 4.79 Å². The third kappa shape index (κ3) is 5.12. The molecule has 0 aromatic heterocycles. The number of ether oxygens (including phenoxy) is 2. The van der Waals surface area contributed by atoms with Gasteiger partial charge in [-0.05, 0) is 43.7 Å². The summed E-state index contributed by atoms with van der Waals surface area (Å²) in [6.45, 7) is 4.26. The van der Waals surface area contributed by atoms with Crippen molar-refractivity contribution in [3.8, 4) is 5.75 Å². The molecule has 0 saturated heterocycles. The smallest absolute Gasteiger partial charge is 0.340 e. The minimum absolute atomic E-state index is 0.186. The maximum Gasteiger partial charge on any atom is 0.340 e. The van der Waals surface area contributed by atoms with Crippen LogP contribution in [0.1, 0.15) is 29.3 Å². The summed E-state index contributed by atoms with van der Waals surface area (Å²) in [6.07, 6.45) is 0.186. The summed E-state index contributed by atoms with van der Waals surface area (Å²) in [6, 6.07) is 14.4. The molecule has 0 unspecified atom stereocenters. The van der Waals surface area contributed by atoms with E-state index < -0.39 is 5.97 Å². The lowest BCUT2D eigenvalue weighted by molar-refractivity contribution is -0.116. The maximum atomic E-state index is 12.1. The standard InChI is InChI=1S/C19H21NO4/c1-3-23-19(22)16-9-4-5-10-17(16)20-18(21)11-12-24-15-8-6-7-14(2)13-15/h4-10,13H,3,11-12H2,1-2H3,(H,20,21). The summed E-state index contributed by atoms with van der Waals surface area (Å²) in [5, 5.41) is 2.73. The van der Waals surface area contributed by atoms with Crippen LogP contribution in [0.15, 0.2) is 48.5 Å². The van der Waals surface area contributed by atoms with Crippen LogP contribution in [0.3, 0.4) is 0 Å². The molecule has 0 atom stereocenters. The molecule has 0 radical (unpaired) electrons. The maximum absolute atomic E-state index is 12.1. The molecular formula is C19H21NO4. The Morgan fingerprint density at radius 1 is 1.08 bits per heavy atom. The number of aryl methyl sites for hydroxylation is 1. The van der Waals surface area contributed by atoms with Gasteiger partial charge in [0, 0.05) is 0 Å². The first kappa shape index (κ1) is 17.5. The minimum atomic E-state index is -0.454. The first-order valence-corrected chi connectivity index (χ1v) is 7.85. The van der Waals surface area contributed by atoms with Crippen molar-refractivity contribution in [1.82, 2.24) is 0 Å². The summed E-state index contributed by atoms with van der Waals surface area (Å²) in [4.78, 5) is 23.9. The fourth-order valence-corrected chi connectivity index (χ4v) is 2.16. The zero-order valence-corrected chi connectivity index (χ0v) is 13.9. The Morgan fingerprint density at radius 3 is 2.62 bits per heavy atom. The Hall–Kier alpha value is -2.82. The zero-order chi connectivity index (χ0) is 17.4. The number of carbonyl (C=O) groups is 2. The Kier molecular flexibility index (Phi) is 6.37. The van der Waals surface area contributed by atoms with Gasteiger partial charge in [-0.15, -0.1) is 0 Å². The number of benzene rings is 2. The predicted octanol–water partition coefficient (Wildman–Crippen LogP) is 3.58. The van der Waals surface area contributed by atoms with E-state index in [2.05, 4.69) is 5.32 Å². The Labute approximate surface area is 141 Å². The third-order valence-corrected chi connectivity index (χ3v) is 3.28. The number of para-hydroxylation sites is 1. The van der Waals surface area contributed by atoms with Crippen LogP contribution >= 0.6 is 0 Å². The molecule has 0 aliphatic carbocycles. The van der Waals surface area contributed by atoms with Crippen LogP contribution in [0, 0.1) is 6.92 Å². The normalized spacial score (nSPS) is 10.1. The van der Waals surface area contributed by atoms with Crippen LogP contribution in [0.5, 0.6) is 5.75 Å². The molecule has 24 heavy (non-hydrogen) atoms. The predicted molar refractivity (Wildman–Crippen MR) is 92.3 cm³/mol. The van der Waals surface area contributed by atoms with Crippen LogP contribution in [0.2, 0.25) is 0 Å². The van der Waals surface area contributed by atoms with Gasteiger partial charge in [0.25, 0.3) is 0 Å². The van der Waals surface area contributed by atoms with E-state index in [4.69, 9.17) is 9.47 Å². The first-order valence-electron chi connectivity index (χ1n) is 7.85. The number of carbonyl (C=O) groups excluding carboxylic acids is 2. The topological polar surface area (TPSA) is 64.6 Å². The van der Waals surface area contributed by atoms with E-state index in [1.807, 2.05) is 31.2 Å². The molecule has 0 bridgehead atoms. The molecule has 0 aliphatic heterocycles. The van der Waals surface area contributed by atoms with Gasteiger partial charge >= 0.3 is 5.97 Å². The summed E-state index contributed by atoms with van der Waals surface area (Å²) >= 11 is 0. The SMILES string of the molecule is CCOC(=O)c1ccccc1NC(=O)CCOc1cccc(C)c1. The quantitative estimate of drug-likeness (QED) is 0.790. The van der Waals surface area contributed by atoms with Gasteiger partial charge in [-0.1, -0.05) is 24.3 Å². The highest BCUT2D eigenvalue weighted by molar-refractivity contribution is 6.01.